The van der Waals surface area contributed by atoms with Crippen molar-refractivity contribution in [1.29, 1.82) is 5.26 Å². The lowest BCUT2D eigenvalue weighted by Crippen LogP contribution is -2.61. The van der Waals surface area contributed by atoms with Gasteiger partial charge in [0.1, 0.15) is 6.54 Å². The number of hydrogen-bond acceptors (Lipinski definition) is 5. The monoisotopic (exact) mass is 342 g/mol. The summed E-state index contributed by atoms with van der Waals surface area (Å²) in [5.74, 6) is 0.339. The van der Waals surface area contributed by atoms with E-state index >= 15 is 0 Å². The first kappa shape index (κ1) is 16.2. The topological polar surface area (TPSA) is 79.8 Å². The maximum absolute atomic E-state index is 12.7. The number of carbonyl (C=O) groups excluding carboxylic acids is 2. The summed E-state index contributed by atoms with van der Waals surface area (Å²) < 4.78 is 1.86. The molecule has 3 rings (SSSR count). The van der Waals surface area contributed by atoms with Crippen LogP contribution in [0.15, 0.2) is 35.3 Å². The van der Waals surface area contributed by atoms with Gasteiger partial charge in [0, 0.05) is 14.1 Å². The number of imide groups is 1. The zero-order valence-electron chi connectivity index (χ0n) is 13.3. The predicted molar refractivity (Wildman–Crippen MR) is 90.6 cm³/mol. The van der Waals surface area contributed by atoms with Gasteiger partial charge in [-0.25, -0.2) is 9.37 Å². The van der Waals surface area contributed by atoms with Crippen LogP contribution in [0.5, 0.6) is 0 Å². The molecule has 0 aliphatic carbocycles. The summed E-state index contributed by atoms with van der Waals surface area (Å²) in [7, 11) is 3.08. The molecule has 8 heteroatoms. The van der Waals surface area contributed by atoms with Gasteiger partial charge in [-0.15, -0.1) is 0 Å². The standard InChI is InChI=1S/C16H16N5O2S/c1-19-13-12(14(22)20(2)16(19)23)21(15(18-13)24-9-8-17)10-11-6-4-3-5-7-11/h3-7,12H,9-10H2,1-2H3/q+1. The first-order chi connectivity index (χ1) is 11.5. The van der Waals surface area contributed by atoms with E-state index < -0.39 is 12.1 Å². The average Bonchev–Trinajstić information content (AvgIpc) is 2.95. The number of thioether (sulfide) groups is 1. The Morgan fingerprint density at radius 2 is 1.96 bits per heavy atom. The molecule has 0 aromatic heterocycles. The molecule has 0 spiro atoms. The molecule has 2 aliphatic rings. The number of urea groups is 1. The number of rotatable bonds is 3. The number of amidine groups is 2. The van der Waals surface area contributed by atoms with Crippen LogP contribution >= 0.6 is 11.8 Å². The van der Waals surface area contributed by atoms with Crippen molar-refractivity contribution in [3.05, 3.63) is 35.9 Å². The lowest BCUT2D eigenvalue weighted by Gasteiger charge is -2.30. The SMILES string of the molecule is CN1C(=O)C2C(=NC(SCC#N)=[N+]2Cc2ccccc2)N(C)C1=O. The Morgan fingerprint density at radius 3 is 2.62 bits per heavy atom. The lowest BCUT2D eigenvalue weighted by atomic mass is 10.1. The number of aliphatic imine (C=N–C) groups is 1. The minimum absolute atomic E-state index is 0.228. The van der Waals surface area contributed by atoms with E-state index in [-0.39, 0.29) is 11.7 Å². The number of amides is 3. The maximum atomic E-state index is 12.7. The molecular formula is C16H16N5O2S+. The van der Waals surface area contributed by atoms with Gasteiger partial charge in [0.15, 0.2) is 0 Å². The van der Waals surface area contributed by atoms with Crippen molar-refractivity contribution in [1.82, 2.24) is 9.80 Å². The molecule has 1 atom stereocenters. The van der Waals surface area contributed by atoms with E-state index in [1.807, 2.05) is 34.9 Å². The fourth-order valence-corrected chi connectivity index (χ4v) is 3.41. The van der Waals surface area contributed by atoms with Crippen LogP contribution < -0.4 is 0 Å². The van der Waals surface area contributed by atoms with Crippen molar-refractivity contribution >= 4 is 34.7 Å². The van der Waals surface area contributed by atoms with Crippen molar-refractivity contribution in [2.45, 2.75) is 12.6 Å². The number of likely N-dealkylation sites (N-methyl/N-ethyl adjacent to an activating group) is 2. The quantitative estimate of drug-likeness (QED) is 0.771. The highest BCUT2D eigenvalue weighted by atomic mass is 32.2. The Hall–Kier alpha value is -2.66. The first-order valence-electron chi connectivity index (χ1n) is 7.35. The third kappa shape index (κ3) is 2.67. The minimum Gasteiger partial charge on any atom is -0.269 e. The van der Waals surface area contributed by atoms with E-state index in [4.69, 9.17) is 5.26 Å². The molecular weight excluding hydrogens is 326 g/mol. The summed E-state index contributed by atoms with van der Waals surface area (Å²) in [4.78, 5) is 31.8. The second-order valence-electron chi connectivity index (χ2n) is 5.45. The van der Waals surface area contributed by atoms with Gasteiger partial charge in [-0.2, -0.15) is 5.26 Å². The van der Waals surface area contributed by atoms with Crippen LogP contribution in [0.3, 0.4) is 0 Å². The first-order valence-corrected chi connectivity index (χ1v) is 8.34. The maximum Gasteiger partial charge on any atom is 0.359 e. The molecule has 7 nitrogen and oxygen atoms in total. The largest absolute Gasteiger partial charge is 0.359 e. The van der Waals surface area contributed by atoms with Crippen LogP contribution in [-0.2, 0) is 11.3 Å². The van der Waals surface area contributed by atoms with Crippen molar-refractivity contribution < 1.29 is 14.2 Å². The second-order valence-corrected chi connectivity index (χ2v) is 6.40. The Labute approximate surface area is 143 Å². The summed E-state index contributed by atoms with van der Waals surface area (Å²) in [5.41, 5.74) is 1.03. The van der Waals surface area contributed by atoms with Gasteiger partial charge in [-0.1, -0.05) is 30.3 Å². The highest BCUT2D eigenvalue weighted by molar-refractivity contribution is 8.13. The number of nitrogens with zero attached hydrogens (tertiary/aromatic N) is 5. The van der Waals surface area contributed by atoms with Gasteiger partial charge in [0.25, 0.3) is 17.8 Å². The number of hydrogen-bond donors (Lipinski definition) is 0. The van der Waals surface area contributed by atoms with Gasteiger partial charge < -0.3 is 0 Å². The van der Waals surface area contributed by atoms with Gasteiger partial charge in [-0.05, 0) is 22.3 Å². The van der Waals surface area contributed by atoms with Crippen molar-refractivity contribution in [3.63, 3.8) is 0 Å². The Morgan fingerprint density at radius 1 is 1.25 bits per heavy atom. The Balaban J connectivity index is 2.01. The normalized spacial score (nSPS) is 20.2. The summed E-state index contributed by atoms with van der Waals surface area (Å²) in [6.45, 7) is 0.480. The van der Waals surface area contributed by atoms with Gasteiger partial charge in [0.2, 0.25) is 0 Å². The fraction of sp³-hybridized carbons (Fsp3) is 0.312. The molecule has 0 radical (unpaired) electrons. The highest BCUT2D eigenvalue weighted by Crippen LogP contribution is 2.24. The van der Waals surface area contributed by atoms with Crippen LogP contribution in [0.1, 0.15) is 5.56 Å². The number of fused-ring (bicyclic) bond motifs is 1. The van der Waals surface area contributed by atoms with E-state index in [1.165, 1.54) is 23.7 Å². The molecule has 2 heterocycles. The second kappa shape index (κ2) is 6.45. The van der Waals surface area contributed by atoms with Gasteiger partial charge in [-0.3, -0.25) is 14.6 Å². The predicted octanol–water partition coefficient (Wildman–Crippen LogP) is 1.12. The smallest absolute Gasteiger partial charge is 0.269 e. The third-order valence-electron chi connectivity index (χ3n) is 3.96. The minimum atomic E-state index is -0.640. The average molecular weight is 342 g/mol. The molecule has 0 N–H and O–H groups in total. The number of carbonyl (C=O) groups is 2. The van der Waals surface area contributed by atoms with Crippen molar-refractivity contribution in [2.75, 3.05) is 19.8 Å². The van der Waals surface area contributed by atoms with Crippen LogP contribution in [0.4, 0.5) is 4.79 Å². The number of benzene rings is 1. The summed E-state index contributed by atoms with van der Waals surface area (Å²) >= 11 is 1.27. The van der Waals surface area contributed by atoms with E-state index in [0.717, 1.165) is 10.5 Å². The summed E-state index contributed by atoms with van der Waals surface area (Å²) in [6, 6.07) is 10.8. The molecule has 3 amide bonds. The van der Waals surface area contributed by atoms with E-state index in [2.05, 4.69) is 11.1 Å². The molecule has 1 aromatic carbocycles. The highest BCUT2D eigenvalue weighted by Gasteiger charge is 2.53. The molecule has 1 saturated heterocycles. The fourth-order valence-electron chi connectivity index (χ4n) is 2.73. The molecule has 1 aromatic rings. The molecule has 1 unspecified atom stereocenters. The van der Waals surface area contributed by atoms with Crippen LogP contribution in [-0.4, -0.2) is 63.2 Å². The molecule has 24 heavy (non-hydrogen) atoms. The van der Waals surface area contributed by atoms with Crippen molar-refractivity contribution in [3.8, 4) is 6.07 Å². The van der Waals surface area contributed by atoms with E-state index in [0.29, 0.717) is 17.5 Å². The van der Waals surface area contributed by atoms with Crippen LogP contribution in [0.2, 0.25) is 0 Å². The molecule has 122 valence electrons. The van der Waals surface area contributed by atoms with E-state index in [9.17, 15) is 9.59 Å². The Kier molecular flexibility index (Phi) is 4.36. The molecule has 0 saturated carbocycles. The lowest BCUT2D eigenvalue weighted by molar-refractivity contribution is -0.548. The number of nitriles is 1. The Bertz CT molecular complexity index is 796. The molecule has 0 bridgehead atoms. The zero-order chi connectivity index (χ0) is 17.3. The van der Waals surface area contributed by atoms with E-state index in [1.54, 1.807) is 7.05 Å². The summed E-state index contributed by atoms with van der Waals surface area (Å²) in [5, 5.41) is 9.45. The van der Waals surface area contributed by atoms with Crippen LogP contribution in [0, 0.1) is 11.3 Å². The summed E-state index contributed by atoms with van der Waals surface area (Å²) in [6.07, 6.45) is 0. The van der Waals surface area contributed by atoms with Crippen LogP contribution in [0.25, 0.3) is 0 Å². The third-order valence-corrected chi connectivity index (χ3v) is 4.81. The van der Waals surface area contributed by atoms with Gasteiger partial charge in [0.05, 0.1) is 11.8 Å². The molecule has 2 aliphatic heterocycles. The van der Waals surface area contributed by atoms with Gasteiger partial charge >= 0.3 is 11.2 Å². The molecule has 1 fully saturated rings. The zero-order valence-corrected chi connectivity index (χ0v) is 14.2. The van der Waals surface area contributed by atoms with Crippen molar-refractivity contribution in [2.24, 2.45) is 4.99 Å².